The molecule has 1 unspecified atom stereocenters. The number of rotatable bonds is 8. The number of amides is 1. The molecule has 166 valence electrons. The molecule has 0 aromatic heterocycles. The van der Waals surface area contributed by atoms with Gasteiger partial charge in [-0.2, -0.15) is 0 Å². The predicted octanol–water partition coefficient (Wildman–Crippen LogP) is 2.91. The molecule has 2 aromatic carbocycles. The second kappa shape index (κ2) is 9.96. The summed E-state index contributed by atoms with van der Waals surface area (Å²) >= 11 is 0. The van der Waals surface area contributed by atoms with E-state index < -0.39 is 34.4 Å². The van der Waals surface area contributed by atoms with Gasteiger partial charge in [-0.3, -0.25) is 4.79 Å². The van der Waals surface area contributed by atoms with Crippen LogP contribution < -0.4 is 9.80 Å². The van der Waals surface area contributed by atoms with Gasteiger partial charge in [0.2, 0.25) is 0 Å². The first-order valence-electron chi connectivity index (χ1n) is 10.4. The van der Waals surface area contributed by atoms with Gasteiger partial charge in [0.25, 0.3) is 5.91 Å². The smallest absolute Gasteiger partial charge is 0.338 e. The van der Waals surface area contributed by atoms with E-state index in [0.29, 0.717) is 17.7 Å². The number of nitrogens with zero attached hydrogens (tertiary/aromatic N) is 2. The molecule has 0 aliphatic carbocycles. The van der Waals surface area contributed by atoms with E-state index in [-0.39, 0.29) is 11.5 Å². The molecule has 3 rings (SSSR count). The van der Waals surface area contributed by atoms with Gasteiger partial charge < -0.3 is 14.5 Å². The molecular formula is C23H28N2O5S. The highest BCUT2D eigenvalue weighted by molar-refractivity contribution is 7.91. The van der Waals surface area contributed by atoms with E-state index in [0.717, 1.165) is 18.8 Å². The number of esters is 1. The zero-order valence-electron chi connectivity index (χ0n) is 17.9. The van der Waals surface area contributed by atoms with Gasteiger partial charge in [-0.1, -0.05) is 18.2 Å². The molecule has 2 aromatic rings. The van der Waals surface area contributed by atoms with E-state index in [1.165, 1.54) is 4.90 Å². The third kappa shape index (κ3) is 5.64. The third-order valence-electron chi connectivity index (χ3n) is 5.43. The fraction of sp³-hybridized carbons (Fsp3) is 0.391. The van der Waals surface area contributed by atoms with Crippen LogP contribution >= 0.6 is 0 Å². The van der Waals surface area contributed by atoms with Crippen molar-refractivity contribution >= 4 is 33.1 Å². The standard InChI is InChI=1S/C23H28N2O5S/c1-3-24(4-2)19-12-10-18(11-13-19)23(27)30-16-22(26)25(20-8-6-5-7-9-20)21-14-15-31(28,29)17-21/h5-13,21H,3-4,14-17H2,1-2H3. The Morgan fingerprint density at radius 1 is 0.968 bits per heavy atom. The molecule has 1 fully saturated rings. The lowest BCUT2D eigenvalue weighted by atomic mass is 10.1. The molecule has 0 radical (unpaired) electrons. The summed E-state index contributed by atoms with van der Waals surface area (Å²) in [5, 5.41) is 0. The monoisotopic (exact) mass is 444 g/mol. The molecule has 0 saturated carbocycles. The van der Waals surface area contributed by atoms with Crippen LogP contribution in [0.4, 0.5) is 11.4 Å². The van der Waals surface area contributed by atoms with Crippen molar-refractivity contribution < 1.29 is 22.7 Å². The number of anilines is 2. The molecule has 0 spiro atoms. The van der Waals surface area contributed by atoms with Crippen molar-refractivity contribution in [1.29, 1.82) is 0 Å². The Labute approximate surface area is 183 Å². The van der Waals surface area contributed by atoms with Gasteiger partial charge in [0.15, 0.2) is 16.4 Å². The number of carbonyl (C=O) groups is 2. The quantitative estimate of drug-likeness (QED) is 0.582. The molecule has 0 bridgehead atoms. The van der Waals surface area contributed by atoms with Crippen molar-refractivity contribution in [3.05, 3.63) is 60.2 Å². The Kier molecular flexibility index (Phi) is 7.33. The number of hydrogen-bond donors (Lipinski definition) is 0. The highest BCUT2D eigenvalue weighted by Crippen LogP contribution is 2.25. The molecule has 1 atom stereocenters. The third-order valence-corrected chi connectivity index (χ3v) is 7.19. The van der Waals surface area contributed by atoms with Crippen LogP contribution in [0.15, 0.2) is 54.6 Å². The maximum Gasteiger partial charge on any atom is 0.338 e. The van der Waals surface area contributed by atoms with Crippen LogP contribution in [0.2, 0.25) is 0 Å². The first-order chi connectivity index (χ1) is 14.8. The van der Waals surface area contributed by atoms with Crippen molar-refractivity contribution in [2.75, 3.05) is 41.0 Å². The summed E-state index contributed by atoms with van der Waals surface area (Å²) in [6.07, 6.45) is 0.365. The topological polar surface area (TPSA) is 84.0 Å². The Morgan fingerprint density at radius 2 is 1.61 bits per heavy atom. The summed E-state index contributed by atoms with van der Waals surface area (Å²) in [6, 6.07) is 15.5. The molecule has 7 nitrogen and oxygen atoms in total. The zero-order chi connectivity index (χ0) is 22.4. The van der Waals surface area contributed by atoms with E-state index in [9.17, 15) is 18.0 Å². The maximum atomic E-state index is 12.9. The Morgan fingerprint density at radius 3 is 2.16 bits per heavy atom. The first kappa shape index (κ1) is 22.8. The van der Waals surface area contributed by atoms with Gasteiger partial charge >= 0.3 is 5.97 Å². The number of carbonyl (C=O) groups excluding carboxylic acids is 2. The fourth-order valence-corrected chi connectivity index (χ4v) is 5.50. The Hall–Kier alpha value is -2.87. The average Bonchev–Trinajstić information content (AvgIpc) is 3.13. The van der Waals surface area contributed by atoms with Gasteiger partial charge in [0.1, 0.15) is 0 Å². The summed E-state index contributed by atoms with van der Waals surface area (Å²) in [5.74, 6) is -1.07. The lowest BCUT2D eigenvalue weighted by Crippen LogP contribution is -2.43. The Balaban J connectivity index is 1.68. The van der Waals surface area contributed by atoms with E-state index in [1.54, 1.807) is 36.4 Å². The van der Waals surface area contributed by atoms with Crippen molar-refractivity contribution in [2.45, 2.75) is 26.3 Å². The maximum absolute atomic E-state index is 12.9. The molecule has 31 heavy (non-hydrogen) atoms. The minimum absolute atomic E-state index is 0.0486. The summed E-state index contributed by atoms with van der Waals surface area (Å²) in [7, 11) is -3.18. The lowest BCUT2D eigenvalue weighted by Gasteiger charge is -2.28. The number of para-hydroxylation sites is 1. The van der Waals surface area contributed by atoms with Gasteiger partial charge in [-0.05, 0) is 56.7 Å². The average molecular weight is 445 g/mol. The van der Waals surface area contributed by atoms with Crippen LogP contribution in [-0.4, -0.2) is 57.5 Å². The highest BCUT2D eigenvalue weighted by atomic mass is 32.2. The predicted molar refractivity (Wildman–Crippen MR) is 121 cm³/mol. The molecule has 1 aliphatic heterocycles. The van der Waals surface area contributed by atoms with Crippen LogP contribution in [0.5, 0.6) is 0 Å². The van der Waals surface area contributed by atoms with Gasteiger partial charge in [0, 0.05) is 24.5 Å². The second-order valence-corrected chi connectivity index (χ2v) is 9.68. The normalized spacial score (nSPS) is 17.2. The minimum atomic E-state index is -3.18. The summed E-state index contributed by atoms with van der Waals surface area (Å²) < 4.78 is 29.1. The number of sulfone groups is 1. The lowest BCUT2D eigenvalue weighted by molar-refractivity contribution is -0.122. The van der Waals surface area contributed by atoms with Crippen LogP contribution in [0.1, 0.15) is 30.6 Å². The molecule has 1 aliphatic rings. The highest BCUT2D eigenvalue weighted by Gasteiger charge is 2.35. The van der Waals surface area contributed by atoms with Crippen LogP contribution in [0, 0.1) is 0 Å². The molecule has 0 N–H and O–H groups in total. The molecule has 8 heteroatoms. The molecule has 1 heterocycles. The van der Waals surface area contributed by atoms with Gasteiger partial charge in [-0.25, -0.2) is 13.2 Å². The van der Waals surface area contributed by atoms with Crippen molar-refractivity contribution in [3.8, 4) is 0 Å². The summed E-state index contributed by atoms with van der Waals surface area (Å²) in [5.41, 5.74) is 1.96. The number of ether oxygens (including phenoxy) is 1. The molecule has 1 saturated heterocycles. The minimum Gasteiger partial charge on any atom is -0.452 e. The fourth-order valence-electron chi connectivity index (χ4n) is 3.80. The first-order valence-corrected chi connectivity index (χ1v) is 12.3. The van der Waals surface area contributed by atoms with E-state index in [4.69, 9.17) is 4.74 Å². The van der Waals surface area contributed by atoms with E-state index >= 15 is 0 Å². The number of benzene rings is 2. The van der Waals surface area contributed by atoms with Crippen molar-refractivity contribution in [1.82, 2.24) is 0 Å². The largest absolute Gasteiger partial charge is 0.452 e. The van der Waals surface area contributed by atoms with E-state index in [1.807, 2.05) is 18.2 Å². The molecular weight excluding hydrogens is 416 g/mol. The van der Waals surface area contributed by atoms with Crippen LogP contribution in [-0.2, 0) is 19.4 Å². The van der Waals surface area contributed by atoms with Crippen LogP contribution in [0.25, 0.3) is 0 Å². The van der Waals surface area contributed by atoms with E-state index in [2.05, 4.69) is 18.7 Å². The summed E-state index contributed by atoms with van der Waals surface area (Å²) in [6.45, 7) is 5.39. The van der Waals surface area contributed by atoms with Crippen molar-refractivity contribution in [2.24, 2.45) is 0 Å². The Bertz CT molecular complexity index is 1000. The number of hydrogen-bond acceptors (Lipinski definition) is 6. The van der Waals surface area contributed by atoms with Crippen molar-refractivity contribution in [3.63, 3.8) is 0 Å². The SMILES string of the molecule is CCN(CC)c1ccc(C(=O)OCC(=O)N(c2ccccc2)C2CCS(=O)(=O)C2)cc1. The van der Waals surface area contributed by atoms with Crippen LogP contribution in [0.3, 0.4) is 0 Å². The van der Waals surface area contributed by atoms with Gasteiger partial charge in [-0.15, -0.1) is 0 Å². The second-order valence-electron chi connectivity index (χ2n) is 7.45. The van der Waals surface area contributed by atoms with Gasteiger partial charge in [0.05, 0.1) is 23.1 Å². The molecule has 1 amide bonds. The zero-order valence-corrected chi connectivity index (χ0v) is 18.7. The summed E-state index contributed by atoms with van der Waals surface area (Å²) in [4.78, 5) is 29.0.